The van der Waals surface area contributed by atoms with Crippen molar-refractivity contribution in [2.75, 3.05) is 33.7 Å². The van der Waals surface area contributed by atoms with E-state index in [-0.39, 0.29) is 0 Å². The summed E-state index contributed by atoms with van der Waals surface area (Å²) >= 11 is 1.90. The molecule has 1 aliphatic rings. The van der Waals surface area contributed by atoms with Crippen molar-refractivity contribution >= 4 is 11.3 Å². The Balaban J connectivity index is 1.74. The molecule has 0 radical (unpaired) electrons. The molecule has 0 saturated heterocycles. The van der Waals surface area contributed by atoms with Crippen molar-refractivity contribution in [3.63, 3.8) is 0 Å². The van der Waals surface area contributed by atoms with Crippen LogP contribution in [0.4, 0.5) is 0 Å². The van der Waals surface area contributed by atoms with Gasteiger partial charge in [0.05, 0.1) is 0 Å². The van der Waals surface area contributed by atoms with E-state index in [0.717, 1.165) is 0 Å². The van der Waals surface area contributed by atoms with Crippen LogP contribution in [-0.2, 0) is 6.42 Å². The summed E-state index contributed by atoms with van der Waals surface area (Å²) < 4.78 is 0. The van der Waals surface area contributed by atoms with Crippen LogP contribution in [0.5, 0.6) is 0 Å². The van der Waals surface area contributed by atoms with Gasteiger partial charge in [-0.15, -0.1) is 11.3 Å². The van der Waals surface area contributed by atoms with Crippen molar-refractivity contribution in [2.24, 2.45) is 5.41 Å². The molecule has 0 atom stereocenters. The Hall–Kier alpha value is -0.380. The fourth-order valence-electron chi connectivity index (χ4n) is 2.55. The first kappa shape index (κ1) is 13.1. The molecule has 96 valence electrons. The lowest BCUT2D eigenvalue weighted by molar-refractivity contribution is 0.262. The number of hydrogen-bond donors (Lipinski definition) is 1. The maximum absolute atomic E-state index is 3.33. The lowest BCUT2D eigenvalue weighted by Crippen LogP contribution is -2.33. The van der Waals surface area contributed by atoms with Gasteiger partial charge in [0.15, 0.2) is 0 Å². The van der Waals surface area contributed by atoms with E-state index >= 15 is 0 Å². The van der Waals surface area contributed by atoms with Crippen LogP contribution in [0, 0.1) is 12.3 Å². The molecule has 1 N–H and O–H groups in total. The van der Waals surface area contributed by atoms with E-state index in [0.29, 0.717) is 5.41 Å². The first-order chi connectivity index (χ1) is 8.15. The molecule has 2 rings (SSSR count). The lowest BCUT2D eigenvalue weighted by atomic mass is 10.1. The van der Waals surface area contributed by atoms with Gasteiger partial charge in [-0.3, -0.25) is 0 Å². The maximum Gasteiger partial charge on any atom is 0.00871 e. The molecule has 2 nitrogen and oxygen atoms in total. The molecule has 1 aromatic heterocycles. The summed E-state index contributed by atoms with van der Waals surface area (Å²) in [6.45, 7) is 5.83. The first-order valence-corrected chi connectivity index (χ1v) is 7.39. The highest BCUT2D eigenvalue weighted by Gasteiger charge is 2.42. The molecule has 0 aliphatic heterocycles. The molecule has 17 heavy (non-hydrogen) atoms. The smallest absolute Gasteiger partial charge is 0.00871 e. The average molecular weight is 252 g/mol. The zero-order valence-corrected chi connectivity index (χ0v) is 12.1. The van der Waals surface area contributed by atoms with Gasteiger partial charge >= 0.3 is 0 Å². The van der Waals surface area contributed by atoms with Crippen LogP contribution in [0.15, 0.2) is 11.4 Å². The van der Waals surface area contributed by atoms with Crippen LogP contribution in [-0.4, -0.2) is 38.6 Å². The molecule has 0 bridgehead atoms. The number of rotatable bonds is 7. The predicted molar refractivity (Wildman–Crippen MR) is 75.9 cm³/mol. The minimum absolute atomic E-state index is 0.591. The van der Waals surface area contributed by atoms with E-state index in [1.54, 1.807) is 4.88 Å². The van der Waals surface area contributed by atoms with Crippen molar-refractivity contribution < 1.29 is 0 Å². The summed E-state index contributed by atoms with van der Waals surface area (Å²) in [7, 11) is 4.33. The summed E-state index contributed by atoms with van der Waals surface area (Å²) in [5.41, 5.74) is 2.05. The molecule has 0 amide bonds. The number of thiophene rings is 1. The van der Waals surface area contributed by atoms with Crippen LogP contribution in [0.3, 0.4) is 0 Å². The van der Waals surface area contributed by atoms with Gasteiger partial charge in [0.1, 0.15) is 0 Å². The van der Waals surface area contributed by atoms with Gasteiger partial charge in [-0.1, -0.05) is 0 Å². The normalized spacial score (nSPS) is 17.6. The molecule has 0 aromatic carbocycles. The average Bonchev–Trinajstić information content (AvgIpc) is 2.90. The van der Waals surface area contributed by atoms with Crippen LogP contribution >= 0.6 is 11.3 Å². The summed E-state index contributed by atoms with van der Waals surface area (Å²) in [6, 6.07) is 2.23. The summed E-state index contributed by atoms with van der Waals surface area (Å²) in [4.78, 5) is 4.05. The summed E-state index contributed by atoms with van der Waals surface area (Å²) in [5, 5.41) is 5.53. The van der Waals surface area contributed by atoms with Gasteiger partial charge in [-0.2, -0.15) is 0 Å². The van der Waals surface area contributed by atoms with Crippen LogP contribution in [0.1, 0.15) is 23.3 Å². The monoisotopic (exact) mass is 252 g/mol. The highest BCUT2D eigenvalue weighted by Crippen LogP contribution is 2.45. The Morgan fingerprint density at radius 1 is 1.47 bits per heavy atom. The summed E-state index contributed by atoms with van der Waals surface area (Å²) in [6.07, 6.45) is 4.00. The second kappa shape index (κ2) is 5.51. The fraction of sp³-hybridized carbons (Fsp3) is 0.714. The van der Waals surface area contributed by atoms with E-state index in [9.17, 15) is 0 Å². The Morgan fingerprint density at radius 3 is 2.76 bits per heavy atom. The highest BCUT2D eigenvalue weighted by molar-refractivity contribution is 7.10. The topological polar surface area (TPSA) is 15.3 Å². The van der Waals surface area contributed by atoms with Crippen LogP contribution in [0.25, 0.3) is 0 Å². The number of aryl methyl sites for hydroxylation is 1. The number of nitrogens with zero attached hydrogens (tertiary/aromatic N) is 1. The molecule has 1 fully saturated rings. The quantitative estimate of drug-likeness (QED) is 0.802. The van der Waals surface area contributed by atoms with Gasteiger partial charge in [-0.25, -0.2) is 0 Å². The number of nitrogens with one attached hydrogen (secondary N) is 1. The highest BCUT2D eigenvalue weighted by atomic mass is 32.1. The van der Waals surface area contributed by atoms with Crippen molar-refractivity contribution in [1.82, 2.24) is 10.2 Å². The van der Waals surface area contributed by atoms with Gasteiger partial charge < -0.3 is 10.2 Å². The van der Waals surface area contributed by atoms with Crippen LogP contribution in [0.2, 0.25) is 0 Å². The molecule has 1 saturated carbocycles. The van der Waals surface area contributed by atoms with Crippen molar-refractivity contribution in [3.05, 3.63) is 21.9 Å². The Morgan fingerprint density at radius 2 is 2.24 bits per heavy atom. The van der Waals surface area contributed by atoms with E-state index in [4.69, 9.17) is 0 Å². The molecule has 3 heteroatoms. The second-order valence-corrected chi connectivity index (χ2v) is 6.55. The van der Waals surface area contributed by atoms with E-state index in [2.05, 4.69) is 42.7 Å². The van der Waals surface area contributed by atoms with Crippen molar-refractivity contribution in [2.45, 2.75) is 26.2 Å². The van der Waals surface area contributed by atoms with Crippen LogP contribution < -0.4 is 5.32 Å². The third-order valence-electron chi connectivity index (χ3n) is 3.80. The zero-order chi connectivity index (χ0) is 12.3. The Labute approximate surface area is 109 Å². The van der Waals surface area contributed by atoms with E-state index in [1.807, 2.05) is 11.3 Å². The largest absolute Gasteiger partial charge is 0.319 e. The second-order valence-electron chi connectivity index (χ2n) is 5.54. The van der Waals surface area contributed by atoms with Gasteiger partial charge in [0.2, 0.25) is 0 Å². The Bertz CT molecular complexity index is 355. The minimum atomic E-state index is 0.591. The molecule has 0 spiro atoms. The number of hydrogen-bond acceptors (Lipinski definition) is 3. The summed E-state index contributed by atoms with van der Waals surface area (Å²) in [5.74, 6) is 0. The molecule has 1 heterocycles. The van der Waals surface area contributed by atoms with Gasteiger partial charge in [-0.05, 0) is 62.7 Å². The third-order valence-corrected chi connectivity index (χ3v) is 4.89. The van der Waals surface area contributed by atoms with Crippen molar-refractivity contribution in [3.8, 4) is 0 Å². The fourth-order valence-corrected chi connectivity index (χ4v) is 3.45. The molecule has 0 unspecified atom stereocenters. The molecule has 1 aromatic rings. The van der Waals surface area contributed by atoms with Gasteiger partial charge in [0.25, 0.3) is 0 Å². The van der Waals surface area contributed by atoms with E-state index in [1.165, 1.54) is 44.5 Å². The predicted octanol–water partition coefficient (Wildman–Crippen LogP) is 2.53. The maximum atomic E-state index is 3.33. The van der Waals surface area contributed by atoms with Gasteiger partial charge in [0, 0.05) is 24.5 Å². The standard InChI is InChI=1S/C14H24N2S/c1-12-5-9-17-13(12)4-8-16(3)11-14(6-7-14)10-15-2/h5,9,15H,4,6-8,10-11H2,1-3H3. The molecule has 1 aliphatic carbocycles. The van der Waals surface area contributed by atoms with E-state index < -0.39 is 0 Å². The Kier molecular flexibility index (Phi) is 4.23. The first-order valence-electron chi connectivity index (χ1n) is 6.51. The molecular formula is C14H24N2S. The SMILES string of the molecule is CNCC1(CN(C)CCc2sccc2C)CC1. The lowest BCUT2D eigenvalue weighted by Gasteiger charge is -2.23. The molecular weight excluding hydrogens is 228 g/mol. The minimum Gasteiger partial charge on any atom is -0.319 e. The third kappa shape index (κ3) is 3.54. The zero-order valence-electron chi connectivity index (χ0n) is 11.3. The number of likely N-dealkylation sites (N-methyl/N-ethyl adjacent to an activating group) is 1. The van der Waals surface area contributed by atoms with Crippen molar-refractivity contribution in [1.29, 1.82) is 0 Å².